The lowest BCUT2D eigenvalue weighted by Gasteiger charge is -2.08. The van der Waals surface area contributed by atoms with Crippen LogP contribution in [-0.2, 0) is 14.8 Å². The first kappa shape index (κ1) is 15.3. The van der Waals surface area contributed by atoms with Crippen molar-refractivity contribution >= 4 is 21.5 Å². The summed E-state index contributed by atoms with van der Waals surface area (Å²) >= 11 is 0. The fraction of sp³-hybridized carbons (Fsp3) is 0.364. The van der Waals surface area contributed by atoms with Gasteiger partial charge in [0.15, 0.2) is 5.84 Å². The third kappa shape index (κ3) is 5.14. The Balaban J connectivity index is 2.67. The van der Waals surface area contributed by atoms with E-state index in [1.54, 1.807) is 19.1 Å². The lowest BCUT2D eigenvalue weighted by Crippen LogP contribution is -2.20. The van der Waals surface area contributed by atoms with Gasteiger partial charge in [-0.25, -0.2) is 8.42 Å². The van der Waals surface area contributed by atoms with E-state index in [2.05, 4.69) is 9.88 Å². The number of hydrogen-bond acceptors (Lipinski definition) is 5. The predicted octanol–water partition coefficient (Wildman–Crippen LogP) is 0.559. The normalized spacial score (nSPS) is 12.4. The Morgan fingerprint density at radius 1 is 1.42 bits per heavy atom. The molecule has 19 heavy (non-hydrogen) atoms. The van der Waals surface area contributed by atoms with E-state index in [9.17, 15) is 8.42 Å². The van der Waals surface area contributed by atoms with Crippen LogP contribution in [0, 0.1) is 0 Å². The van der Waals surface area contributed by atoms with Crippen molar-refractivity contribution in [2.45, 2.75) is 6.92 Å². The maximum atomic E-state index is 11.7. The van der Waals surface area contributed by atoms with Crippen LogP contribution in [0.5, 0.6) is 0 Å². The summed E-state index contributed by atoms with van der Waals surface area (Å²) in [5.74, 6) is -0.145. The molecule has 0 atom stereocenters. The van der Waals surface area contributed by atoms with Crippen LogP contribution in [0.1, 0.15) is 12.5 Å². The molecule has 0 bridgehead atoms. The molecule has 106 valence electrons. The third-order valence-electron chi connectivity index (χ3n) is 2.26. The minimum atomic E-state index is -3.43. The van der Waals surface area contributed by atoms with E-state index < -0.39 is 10.0 Å². The monoisotopic (exact) mass is 287 g/mol. The smallest absolute Gasteiger partial charge is 0.234 e. The van der Waals surface area contributed by atoms with Gasteiger partial charge < -0.3 is 15.7 Å². The van der Waals surface area contributed by atoms with Crippen LogP contribution in [0.25, 0.3) is 0 Å². The van der Waals surface area contributed by atoms with Gasteiger partial charge in [-0.15, -0.1) is 0 Å². The first-order chi connectivity index (χ1) is 8.98. The highest BCUT2D eigenvalue weighted by Crippen LogP contribution is 2.11. The number of nitrogens with two attached hydrogens (primary N) is 1. The van der Waals surface area contributed by atoms with E-state index in [-0.39, 0.29) is 18.2 Å². The van der Waals surface area contributed by atoms with Gasteiger partial charge in [0.05, 0.1) is 12.4 Å². The molecule has 7 nitrogen and oxygen atoms in total. The molecule has 1 aromatic carbocycles. The van der Waals surface area contributed by atoms with Crippen molar-refractivity contribution in [1.29, 1.82) is 0 Å². The molecule has 1 rings (SSSR count). The molecule has 0 aliphatic carbocycles. The van der Waals surface area contributed by atoms with Gasteiger partial charge in [-0.2, -0.15) is 0 Å². The molecule has 0 radical (unpaired) electrons. The fourth-order valence-corrected chi connectivity index (χ4v) is 2.24. The molecule has 0 heterocycles. The van der Waals surface area contributed by atoms with Crippen LogP contribution >= 0.6 is 0 Å². The molecular weight excluding hydrogens is 270 g/mol. The molecule has 8 heteroatoms. The second-order valence-electron chi connectivity index (χ2n) is 3.68. The number of rotatable bonds is 7. The van der Waals surface area contributed by atoms with Gasteiger partial charge in [0.1, 0.15) is 0 Å². The molecule has 0 aliphatic rings. The maximum Gasteiger partial charge on any atom is 0.234 e. The standard InChI is InChI=1S/C11H17N3O4S/c1-2-18-7-8-19(16,17)14-10-5-3-9(4-6-10)11(12)13-15/h3-6,14-15H,2,7-8H2,1H3,(H2,12,13). The number of oxime groups is 1. The van der Waals surface area contributed by atoms with Crippen LogP contribution in [0.4, 0.5) is 5.69 Å². The topological polar surface area (TPSA) is 114 Å². The Kier molecular flexibility index (Phi) is 5.58. The Morgan fingerprint density at radius 3 is 2.58 bits per heavy atom. The zero-order valence-electron chi connectivity index (χ0n) is 10.5. The molecule has 0 amide bonds. The summed E-state index contributed by atoms with van der Waals surface area (Å²) in [6.07, 6.45) is 0. The zero-order valence-corrected chi connectivity index (χ0v) is 11.4. The second-order valence-corrected chi connectivity index (χ2v) is 5.52. The van der Waals surface area contributed by atoms with E-state index in [1.165, 1.54) is 12.1 Å². The van der Waals surface area contributed by atoms with Crippen LogP contribution < -0.4 is 10.5 Å². The first-order valence-electron chi connectivity index (χ1n) is 5.64. The molecule has 0 saturated heterocycles. The van der Waals surface area contributed by atoms with Gasteiger partial charge >= 0.3 is 0 Å². The minimum absolute atomic E-state index is 0.0363. The molecule has 4 N–H and O–H groups in total. The van der Waals surface area contributed by atoms with Crippen LogP contribution in [0.2, 0.25) is 0 Å². The zero-order chi connectivity index (χ0) is 14.3. The summed E-state index contributed by atoms with van der Waals surface area (Å²) in [6, 6.07) is 6.17. The van der Waals surface area contributed by atoms with Gasteiger partial charge in [-0.1, -0.05) is 5.16 Å². The predicted molar refractivity (Wildman–Crippen MR) is 72.9 cm³/mol. The Morgan fingerprint density at radius 2 is 2.05 bits per heavy atom. The van der Waals surface area contributed by atoms with Gasteiger partial charge in [0.25, 0.3) is 0 Å². The van der Waals surface area contributed by atoms with Crippen molar-refractivity contribution in [1.82, 2.24) is 0 Å². The molecular formula is C11H17N3O4S. The maximum absolute atomic E-state index is 11.7. The molecule has 0 fully saturated rings. The van der Waals surface area contributed by atoms with Crippen molar-refractivity contribution < 1.29 is 18.4 Å². The second kappa shape index (κ2) is 6.95. The Hall–Kier alpha value is -1.80. The average molecular weight is 287 g/mol. The number of benzene rings is 1. The average Bonchev–Trinajstić information content (AvgIpc) is 2.38. The van der Waals surface area contributed by atoms with E-state index in [4.69, 9.17) is 15.7 Å². The number of sulfonamides is 1. The van der Waals surface area contributed by atoms with Crippen molar-refractivity contribution in [3.05, 3.63) is 29.8 Å². The largest absolute Gasteiger partial charge is 0.409 e. The SMILES string of the molecule is CCOCCS(=O)(=O)Nc1ccc(/C(N)=N/O)cc1. The van der Waals surface area contributed by atoms with Gasteiger partial charge in [0, 0.05) is 17.9 Å². The summed E-state index contributed by atoms with van der Waals surface area (Å²) in [5.41, 5.74) is 6.31. The van der Waals surface area contributed by atoms with Gasteiger partial charge in [-0.05, 0) is 31.2 Å². The van der Waals surface area contributed by atoms with Crippen LogP contribution in [0.3, 0.4) is 0 Å². The number of amidine groups is 1. The van der Waals surface area contributed by atoms with Crippen molar-refractivity contribution in [3.63, 3.8) is 0 Å². The van der Waals surface area contributed by atoms with Crippen molar-refractivity contribution in [2.75, 3.05) is 23.7 Å². The number of nitrogens with one attached hydrogen (secondary N) is 1. The van der Waals surface area contributed by atoms with Crippen LogP contribution in [0.15, 0.2) is 29.4 Å². The van der Waals surface area contributed by atoms with E-state index in [0.717, 1.165) is 0 Å². The highest BCUT2D eigenvalue weighted by molar-refractivity contribution is 7.92. The minimum Gasteiger partial charge on any atom is -0.409 e. The summed E-state index contributed by atoms with van der Waals surface area (Å²) in [6.45, 7) is 2.42. The highest BCUT2D eigenvalue weighted by Gasteiger charge is 2.10. The van der Waals surface area contributed by atoms with E-state index >= 15 is 0 Å². The molecule has 0 aromatic heterocycles. The number of anilines is 1. The first-order valence-corrected chi connectivity index (χ1v) is 7.30. The lowest BCUT2D eigenvalue weighted by molar-refractivity contribution is 0.163. The number of hydrogen-bond donors (Lipinski definition) is 3. The van der Waals surface area contributed by atoms with Crippen molar-refractivity contribution in [2.24, 2.45) is 10.9 Å². The molecule has 1 aromatic rings. The third-order valence-corrected chi connectivity index (χ3v) is 3.51. The fourth-order valence-electron chi connectivity index (χ4n) is 1.31. The summed E-state index contributed by atoms with van der Waals surface area (Å²) < 4.78 is 30.7. The molecule has 0 spiro atoms. The Labute approximate surface area is 112 Å². The lowest BCUT2D eigenvalue weighted by atomic mass is 10.2. The summed E-state index contributed by atoms with van der Waals surface area (Å²) in [7, 11) is -3.43. The Bertz CT molecular complexity index is 525. The summed E-state index contributed by atoms with van der Waals surface area (Å²) in [5, 5.41) is 11.4. The quantitative estimate of drug-likeness (QED) is 0.223. The number of ether oxygens (including phenoxy) is 1. The highest BCUT2D eigenvalue weighted by atomic mass is 32.2. The molecule has 0 saturated carbocycles. The molecule has 0 unspecified atom stereocenters. The van der Waals surface area contributed by atoms with E-state index in [0.29, 0.717) is 17.9 Å². The van der Waals surface area contributed by atoms with Crippen molar-refractivity contribution in [3.8, 4) is 0 Å². The number of nitrogens with zero attached hydrogens (tertiary/aromatic N) is 1. The van der Waals surface area contributed by atoms with Gasteiger partial charge in [-0.3, -0.25) is 4.72 Å². The summed E-state index contributed by atoms with van der Waals surface area (Å²) in [4.78, 5) is 0. The van der Waals surface area contributed by atoms with Crippen LogP contribution in [-0.4, -0.2) is 38.4 Å². The van der Waals surface area contributed by atoms with Gasteiger partial charge in [0.2, 0.25) is 10.0 Å². The molecule has 0 aliphatic heterocycles. The van der Waals surface area contributed by atoms with E-state index in [1.807, 2.05) is 0 Å².